The molecule has 1 atom stereocenters. The highest BCUT2D eigenvalue weighted by molar-refractivity contribution is 5.95. The molecular formula is C15H22N4O6. The van der Waals surface area contributed by atoms with Crippen molar-refractivity contribution in [1.82, 2.24) is 10.2 Å². The van der Waals surface area contributed by atoms with Crippen LogP contribution in [0.25, 0.3) is 0 Å². The summed E-state index contributed by atoms with van der Waals surface area (Å²) in [5, 5.41) is 25.3. The van der Waals surface area contributed by atoms with Gasteiger partial charge in [0.1, 0.15) is 11.8 Å². The van der Waals surface area contributed by atoms with E-state index in [4.69, 9.17) is 4.74 Å². The zero-order chi connectivity index (χ0) is 19.0. The second-order valence-electron chi connectivity index (χ2n) is 5.54. The third-order valence-corrected chi connectivity index (χ3v) is 3.31. The number of nitro groups is 1. The van der Waals surface area contributed by atoms with Crippen LogP contribution in [0.5, 0.6) is 5.75 Å². The minimum Gasteiger partial charge on any atom is -0.495 e. The highest BCUT2D eigenvalue weighted by atomic mass is 16.6. The van der Waals surface area contributed by atoms with Gasteiger partial charge >= 0.3 is 5.97 Å². The number of methoxy groups -OCH3 is 1. The summed E-state index contributed by atoms with van der Waals surface area (Å²) >= 11 is 0. The number of amides is 1. The number of hydrogen-bond donors (Lipinski definition) is 3. The van der Waals surface area contributed by atoms with Crippen molar-refractivity contribution in [2.24, 2.45) is 0 Å². The van der Waals surface area contributed by atoms with Crippen molar-refractivity contribution in [3.8, 4) is 5.75 Å². The molecule has 3 N–H and O–H groups in total. The van der Waals surface area contributed by atoms with Crippen LogP contribution in [0.4, 0.5) is 11.4 Å². The highest BCUT2D eigenvalue weighted by Crippen LogP contribution is 2.28. The van der Waals surface area contributed by atoms with Crippen molar-refractivity contribution in [3.63, 3.8) is 0 Å². The fraction of sp³-hybridized carbons (Fsp3) is 0.467. The minimum atomic E-state index is -1.15. The predicted molar refractivity (Wildman–Crippen MR) is 90.9 cm³/mol. The van der Waals surface area contributed by atoms with E-state index in [1.807, 2.05) is 19.0 Å². The van der Waals surface area contributed by atoms with Crippen LogP contribution < -0.4 is 15.4 Å². The van der Waals surface area contributed by atoms with Crippen LogP contribution >= 0.6 is 0 Å². The third kappa shape index (κ3) is 6.73. The molecule has 0 saturated carbocycles. The average Bonchev–Trinajstić information content (AvgIpc) is 2.53. The summed E-state index contributed by atoms with van der Waals surface area (Å²) in [6.07, 6.45) is -0.325. The number of hydrogen-bond acceptors (Lipinski definition) is 7. The van der Waals surface area contributed by atoms with Crippen LogP contribution in [0.2, 0.25) is 0 Å². The molecule has 10 heteroatoms. The third-order valence-electron chi connectivity index (χ3n) is 3.31. The summed E-state index contributed by atoms with van der Waals surface area (Å²) in [5.74, 6) is -1.50. The van der Waals surface area contributed by atoms with Gasteiger partial charge in [-0.2, -0.15) is 0 Å². The van der Waals surface area contributed by atoms with Gasteiger partial charge in [0.15, 0.2) is 0 Å². The molecule has 1 rings (SSSR count). The molecule has 0 heterocycles. The predicted octanol–water partition coefficient (Wildman–Crippen LogP) is 0.536. The zero-order valence-corrected chi connectivity index (χ0v) is 14.3. The number of rotatable bonds is 10. The molecule has 0 unspecified atom stereocenters. The van der Waals surface area contributed by atoms with E-state index in [-0.39, 0.29) is 23.5 Å². The molecule has 0 aliphatic carbocycles. The maximum atomic E-state index is 12.1. The SMILES string of the molecule is COc1ccc([N+](=O)[O-])cc1NC(=O)C[C@H](NCCN(C)C)C(=O)O. The number of carbonyl (C=O) groups excluding carboxylic acids is 1. The Kier molecular flexibility index (Phi) is 7.76. The summed E-state index contributed by atoms with van der Waals surface area (Å²) in [6, 6.07) is 2.70. The number of non-ortho nitro benzene ring substituents is 1. The zero-order valence-electron chi connectivity index (χ0n) is 14.3. The first kappa shape index (κ1) is 20.3. The number of carboxylic acid groups (broad SMARTS) is 1. The van der Waals surface area contributed by atoms with Gasteiger partial charge in [0.25, 0.3) is 5.69 Å². The van der Waals surface area contributed by atoms with Gasteiger partial charge in [-0.3, -0.25) is 19.7 Å². The molecule has 0 aliphatic heterocycles. The van der Waals surface area contributed by atoms with Gasteiger partial charge in [0.2, 0.25) is 5.91 Å². The normalized spacial score (nSPS) is 11.8. The Bertz CT molecular complexity index is 634. The number of carbonyl (C=O) groups is 2. The average molecular weight is 354 g/mol. The van der Waals surface area contributed by atoms with Gasteiger partial charge in [-0.05, 0) is 20.2 Å². The minimum absolute atomic E-state index is 0.110. The molecule has 0 fully saturated rings. The smallest absolute Gasteiger partial charge is 0.321 e. The lowest BCUT2D eigenvalue weighted by molar-refractivity contribution is -0.384. The lowest BCUT2D eigenvalue weighted by Crippen LogP contribution is -2.42. The number of nitrogens with zero attached hydrogens (tertiary/aromatic N) is 2. The van der Waals surface area contributed by atoms with E-state index in [9.17, 15) is 24.8 Å². The molecule has 1 amide bonds. The topological polar surface area (TPSA) is 134 Å². The number of ether oxygens (including phenoxy) is 1. The number of nitro benzene ring substituents is 1. The number of benzene rings is 1. The Hall–Kier alpha value is -2.72. The molecule has 138 valence electrons. The fourth-order valence-corrected chi connectivity index (χ4v) is 2.00. The Balaban J connectivity index is 2.77. The van der Waals surface area contributed by atoms with Crippen LogP contribution in [0.3, 0.4) is 0 Å². The molecule has 0 aromatic heterocycles. The summed E-state index contributed by atoms with van der Waals surface area (Å²) in [5.41, 5.74) is -0.103. The van der Waals surface area contributed by atoms with Crippen LogP contribution in [0.15, 0.2) is 18.2 Å². The second kappa shape index (κ2) is 9.55. The fourth-order valence-electron chi connectivity index (χ4n) is 2.00. The van der Waals surface area contributed by atoms with Gasteiger partial charge in [0, 0.05) is 25.2 Å². The molecule has 10 nitrogen and oxygen atoms in total. The molecule has 0 radical (unpaired) electrons. The highest BCUT2D eigenvalue weighted by Gasteiger charge is 2.22. The van der Waals surface area contributed by atoms with E-state index < -0.39 is 22.8 Å². The van der Waals surface area contributed by atoms with Crippen molar-refractivity contribution >= 4 is 23.3 Å². The first-order valence-corrected chi connectivity index (χ1v) is 7.47. The summed E-state index contributed by atoms with van der Waals surface area (Å²) in [4.78, 5) is 35.5. The lowest BCUT2D eigenvalue weighted by Gasteiger charge is -2.17. The van der Waals surface area contributed by atoms with E-state index in [0.29, 0.717) is 13.1 Å². The summed E-state index contributed by atoms with van der Waals surface area (Å²) < 4.78 is 5.05. The van der Waals surface area contributed by atoms with E-state index in [1.165, 1.54) is 19.2 Å². The lowest BCUT2D eigenvalue weighted by atomic mass is 10.2. The quantitative estimate of drug-likeness (QED) is 0.409. The van der Waals surface area contributed by atoms with E-state index in [1.54, 1.807) is 0 Å². The van der Waals surface area contributed by atoms with Crippen molar-refractivity contribution in [2.75, 3.05) is 39.6 Å². The maximum absolute atomic E-state index is 12.1. The molecule has 0 bridgehead atoms. The Morgan fingerprint density at radius 3 is 2.60 bits per heavy atom. The number of nitrogens with one attached hydrogen (secondary N) is 2. The van der Waals surface area contributed by atoms with Crippen LogP contribution in [0.1, 0.15) is 6.42 Å². The summed E-state index contributed by atoms with van der Waals surface area (Å²) in [7, 11) is 5.05. The van der Waals surface area contributed by atoms with Gasteiger partial charge < -0.3 is 25.4 Å². The molecule has 0 spiro atoms. The van der Waals surface area contributed by atoms with Crippen molar-refractivity contribution in [3.05, 3.63) is 28.3 Å². The van der Waals surface area contributed by atoms with Crippen molar-refractivity contribution in [1.29, 1.82) is 0 Å². The Morgan fingerprint density at radius 2 is 2.08 bits per heavy atom. The number of aliphatic carboxylic acids is 1. The van der Waals surface area contributed by atoms with Gasteiger partial charge in [-0.25, -0.2) is 0 Å². The van der Waals surface area contributed by atoms with Crippen LogP contribution in [0, 0.1) is 10.1 Å². The van der Waals surface area contributed by atoms with Crippen molar-refractivity contribution < 1.29 is 24.4 Å². The molecule has 1 aromatic carbocycles. The molecule has 25 heavy (non-hydrogen) atoms. The van der Waals surface area contributed by atoms with Crippen LogP contribution in [-0.2, 0) is 9.59 Å². The van der Waals surface area contributed by atoms with E-state index >= 15 is 0 Å². The second-order valence-corrected chi connectivity index (χ2v) is 5.54. The molecule has 0 aliphatic rings. The largest absolute Gasteiger partial charge is 0.495 e. The standard InChI is InChI=1S/C15H22N4O6/c1-18(2)7-6-16-12(15(21)22)9-14(20)17-11-8-10(19(23)24)4-5-13(11)25-3/h4-5,8,12,16H,6-7,9H2,1-3H3,(H,17,20)(H,21,22)/t12-/m0/s1. The Morgan fingerprint density at radius 1 is 1.40 bits per heavy atom. The number of anilines is 1. The van der Waals surface area contributed by atoms with Gasteiger partial charge in [0.05, 0.1) is 24.1 Å². The molecule has 0 saturated heterocycles. The molecular weight excluding hydrogens is 332 g/mol. The summed E-state index contributed by atoms with van der Waals surface area (Å²) in [6.45, 7) is 1.02. The first-order chi connectivity index (χ1) is 11.7. The Labute approximate surface area is 144 Å². The van der Waals surface area contributed by atoms with E-state index in [0.717, 1.165) is 6.07 Å². The van der Waals surface area contributed by atoms with Crippen LogP contribution in [-0.4, -0.2) is 67.1 Å². The maximum Gasteiger partial charge on any atom is 0.321 e. The van der Waals surface area contributed by atoms with Gasteiger partial charge in [-0.15, -0.1) is 0 Å². The monoisotopic (exact) mass is 354 g/mol. The number of likely N-dealkylation sites (N-methyl/N-ethyl adjacent to an activating group) is 1. The van der Waals surface area contributed by atoms with Crippen molar-refractivity contribution in [2.45, 2.75) is 12.5 Å². The van der Waals surface area contributed by atoms with Gasteiger partial charge in [-0.1, -0.05) is 0 Å². The molecule has 1 aromatic rings. The number of carboxylic acids is 1. The first-order valence-electron chi connectivity index (χ1n) is 7.47. The van der Waals surface area contributed by atoms with E-state index in [2.05, 4.69) is 10.6 Å².